The zero-order chi connectivity index (χ0) is 24.4. The van der Waals surface area contributed by atoms with Crippen LogP contribution < -0.4 is 5.32 Å². The summed E-state index contributed by atoms with van der Waals surface area (Å²) in [7, 11) is 0. The maximum Gasteiger partial charge on any atom is 0.117 e. The molecule has 0 unspecified atom stereocenters. The largest absolute Gasteiger partial charge is 0.508 e. The number of phenolic OH excluding ortho intramolecular Hbond substituents is 1. The Kier molecular flexibility index (Phi) is 6.76. The number of hydrogen-bond acceptors (Lipinski definition) is 4. The number of fused-ring (bicyclic) bond motifs is 1. The number of aromatic nitrogens is 1. The molecule has 0 aliphatic carbocycles. The van der Waals surface area contributed by atoms with Gasteiger partial charge in [-0.1, -0.05) is 36.4 Å². The molecule has 1 aliphatic heterocycles. The van der Waals surface area contributed by atoms with Crippen LogP contribution in [-0.4, -0.2) is 34.6 Å². The van der Waals surface area contributed by atoms with E-state index in [0.717, 1.165) is 57.5 Å². The maximum atomic E-state index is 10.1. The van der Waals surface area contributed by atoms with Gasteiger partial charge >= 0.3 is 0 Å². The molecule has 3 aromatic carbocycles. The fraction of sp³-hybridized carbons (Fsp3) is 0.233. The van der Waals surface area contributed by atoms with Crippen LogP contribution >= 0.6 is 11.6 Å². The van der Waals surface area contributed by atoms with Crippen molar-refractivity contribution in [3.8, 4) is 16.9 Å². The number of aromatic hydroxyl groups is 1. The Morgan fingerprint density at radius 2 is 1.89 bits per heavy atom. The first-order valence-electron chi connectivity index (χ1n) is 12.1. The summed E-state index contributed by atoms with van der Waals surface area (Å²) >= 11 is 6.21. The Morgan fingerprint density at radius 1 is 1.06 bits per heavy atom. The first-order chi connectivity index (χ1) is 17.0. The number of rotatable bonds is 7. The van der Waals surface area contributed by atoms with Crippen molar-refractivity contribution in [1.82, 2.24) is 9.88 Å². The molecule has 1 fully saturated rings. The highest BCUT2D eigenvalue weighted by molar-refractivity contribution is 6.31. The predicted molar refractivity (Wildman–Crippen MR) is 148 cm³/mol. The second-order valence-corrected chi connectivity index (χ2v) is 9.82. The summed E-state index contributed by atoms with van der Waals surface area (Å²) in [6.45, 7) is 9.73. The molecule has 0 bridgehead atoms. The molecular formula is C30H30ClN3O. The van der Waals surface area contributed by atoms with Crippen molar-refractivity contribution < 1.29 is 5.11 Å². The molecule has 35 heavy (non-hydrogen) atoms. The molecule has 0 saturated carbocycles. The number of likely N-dealkylation sites (tertiary alicyclic amines) is 1. The third kappa shape index (κ3) is 5.34. The molecule has 5 rings (SSSR count). The molecular weight excluding hydrogens is 454 g/mol. The van der Waals surface area contributed by atoms with E-state index in [2.05, 4.69) is 52.1 Å². The van der Waals surface area contributed by atoms with Crippen LogP contribution in [-0.2, 0) is 6.42 Å². The van der Waals surface area contributed by atoms with Crippen molar-refractivity contribution >= 4 is 39.5 Å². The molecule has 4 nitrogen and oxygen atoms in total. The molecule has 0 spiro atoms. The van der Waals surface area contributed by atoms with Gasteiger partial charge in [0.2, 0.25) is 0 Å². The number of benzene rings is 3. The molecule has 0 radical (unpaired) electrons. The summed E-state index contributed by atoms with van der Waals surface area (Å²) in [6, 6.07) is 19.9. The van der Waals surface area contributed by atoms with E-state index in [1.807, 2.05) is 31.3 Å². The molecule has 178 valence electrons. The van der Waals surface area contributed by atoms with Gasteiger partial charge in [-0.15, -0.1) is 0 Å². The Bertz CT molecular complexity index is 1370. The number of nitrogens with zero attached hydrogens (tertiary/aromatic N) is 2. The average molecular weight is 484 g/mol. The molecule has 1 saturated heterocycles. The summed E-state index contributed by atoms with van der Waals surface area (Å²) in [5.41, 5.74) is 7.97. The van der Waals surface area contributed by atoms with Crippen molar-refractivity contribution in [3.63, 3.8) is 0 Å². The van der Waals surface area contributed by atoms with E-state index in [1.54, 1.807) is 6.07 Å². The van der Waals surface area contributed by atoms with Crippen LogP contribution in [0.3, 0.4) is 0 Å². The van der Waals surface area contributed by atoms with Crippen molar-refractivity contribution in [1.29, 1.82) is 0 Å². The number of nitrogens with one attached hydrogen (secondary N) is 1. The third-order valence-corrected chi connectivity index (χ3v) is 6.87. The second-order valence-electron chi connectivity index (χ2n) is 9.38. The van der Waals surface area contributed by atoms with Gasteiger partial charge in [0, 0.05) is 34.4 Å². The predicted octanol–water partition coefficient (Wildman–Crippen LogP) is 7.68. The van der Waals surface area contributed by atoms with E-state index in [9.17, 15) is 5.11 Å². The maximum absolute atomic E-state index is 10.1. The van der Waals surface area contributed by atoms with Crippen LogP contribution in [0.4, 0.5) is 11.4 Å². The van der Waals surface area contributed by atoms with E-state index >= 15 is 0 Å². The SMILES string of the molecule is C=C(C)c1cnc2ccc(-c3cc(O)cc(Cl)c3)cc2c1Nc1cccc(CCN2CCCC2)c1. The van der Waals surface area contributed by atoms with Gasteiger partial charge in [0.15, 0.2) is 0 Å². The van der Waals surface area contributed by atoms with E-state index in [1.165, 1.54) is 37.6 Å². The highest BCUT2D eigenvalue weighted by Gasteiger charge is 2.14. The lowest BCUT2D eigenvalue weighted by molar-refractivity contribution is 0.343. The minimum atomic E-state index is 0.144. The molecule has 4 aromatic rings. The van der Waals surface area contributed by atoms with Gasteiger partial charge in [0.1, 0.15) is 5.75 Å². The van der Waals surface area contributed by atoms with Crippen molar-refractivity contribution in [2.75, 3.05) is 25.0 Å². The van der Waals surface area contributed by atoms with Gasteiger partial charge in [-0.2, -0.15) is 0 Å². The van der Waals surface area contributed by atoms with Gasteiger partial charge in [-0.25, -0.2) is 0 Å². The van der Waals surface area contributed by atoms with Crippen LogP contribution in [0.25, 0.3) is 27.6 Å². The minimum absolute atomic E-state index is 0.144. The van der Waals surface area contributed by atoms with Gasteiger partial charge < -0.3 is 15.3 Å². The van der Waals surface area contributed by atoms with Crippen LogP contribution in [0.15, 0.2) is 73.4 Å². The van der Waals surface area contributed by atoms with Crippen LogP contribution in [0.1, 0.15) is 30.9 Å². The van der Waals surface area contributed by atoms with Crippen LogP contribution in [0.5, 0.6) is 5.75 Å². The lowest BCUT2D eigenvalue weighted by Gasteiger charge is -2.17. The summed E-state index contributed by atoms with van der Waals surface area (Å²) in [5.74, 6) is 0.144. The zero-order valence-corrected chi connectivity index (χ0v) is 20.8. The van der Waals surface area contributed by atoms with Crippen molar-refractivity contribution in [3.05, 3.63) is 89.6 Å². The lowest BCUT2D eigenvalue weighted by Crippen LogP contribution is -2.21. The molecule has 1 aliphatic rings. The summed E-state index contributed by atoms with van der Waals surface area (Å²) < 4.78 is 0. The summed E-state index contributed by atoms with van der Waals surface area (Å²) in [4.78, 5) is 7.23. The Morgan fingerprint density at radius 3 is 2.66 bits per heavy atom. The number of anilines is 2. The van der Waals surface area contributed by atoms with Crippen molar-refractivity contribution in [2.24, 2.45) is 0 Å². The zero-order valence-electron chi connectivity index (χ0n) is 20.0. The molecule has 0 atom stereocenters. The fourth-order valence-electron chi connectivity index (χ4n) is 4.81. The molecule has 2 heterocycles. The first kappa shape index (κ1) is 23.4. The van der Waals surface area contributed by atoms with Crippen LogP contribution in [0.2, 0.25) is 5.02 Å². The van der Waals surface area contributed by atoms with Gasteiger partial charge in [-0.05, 0) is 104 Å². The number of allylic oxidation sites excluding steroid dienone is 1. The van der Waals surface area contributed by atoms with E-state index < -0.39 is 0 Å². The van der Waals surface area contributed by atoms with E-state index in [-0.39, 0.29) is 5.75 Å². The normalized spacial score (nSPS) is 13.9. The highest BCUT2D eigenvalue weighted by Crippen LogP contribution is 2.36. The molecule has 5 heteroatoms. The number of phenols is 1. The third-order valence-electron chi connectivity index (χ3n) is 6.66. The minimum Gasteiger partial charge on any atom is -0.508 e. The van der Waals surface area contributed by atoms with Gasteiger partial charge in [0.05, 0.1) is 11.2 Å². The van der Waals surface area contributed by atoms with Crippen LogP contribution in [0, 0.1) is 0 Å². The highest BCUT2D eigenvalue weighted by atomic mass is 35.5. The Labute approximate surface area is 211 Å². The second kappa shape index (κ2) is 10.1. The first-order valence-corrected chi connectivity index (χ1v) is 12.5. The standard InChI is InChI=1S/C30H30ClN3O/c1-20(2)28-19-32-29-9-8-22(23-15-24(31)18-26(35)16-23)17-27(29)30(28)33-25-7-5-6-21(14-25)10-13-34-11-3-4-12-34/h5-9,14-19,35H,1,3-4,10-13H2,2H3,(H,32,33). The average Bonchev–Trinajstić information content (AvgIpc) is 3.36. The van der Waals surface area contributed by atoms with Crippen molar-refractivity contribution in [2.45, 2.75) is 26.2 Å². The van der Waals surface area contributed by atoms with E-state index in [0.29, 0.717) is 5.02 Å². The molecule has 1 aromatic heterocycles. The lowest BCUT2D eigenvalue weighted by atomic mass is 9.99. The topological polar surface area (TPSA) is 48.4 Å². The van der Waals surface area contributed by atoms with E-state index in [4.69, 9.17) is 11.6 Å². The summed E-state index contributed by atoms with van der Waals surface area (Å²) in [5, 5.41) is 15.2. The fourth-order valence-corrected chi connectivity index (χ4v) is 5.04. The smallest absolute Gasteiger partial charge is 0.117 e. The number of halogens is 1. The Hall–Kier alpha value is -3.34. The quantitative estimate of drug-likeness (QED) is 0.283. The molecule has 2 N–H and O–H groups in total. The summed E-state index contributed by atoms with van der Waals surface area (Å²) in [6.07, 6.45) is 5.56. The van der Waals surface area contributed by atoms with Gasteiger partial charge in [-0.3, -0.25) is 4.98 Å². The number of pyridine rings is 1. The Balaban J connectivity index is 1.52. The number of hydrogen-bond donors (Lipinski definition) is 2. The molecule has 0 amide bonds. The monoisotopic (exact) mass is 483 g/mol. The van der Waals surface area contributed by atoms with Gasteiger partial charge in [0.25, 0.3) is 0 Å².